The van der Waals surface area contributed by atoms with Crippen LogP contribution in [0.25, 0.3) is 0 Å². The molecule has 1 aliphatic heterocycles. The van der Waals surface area contributed by atoms with E-state index in [0.29, 0.717) is 5.41 Å². The Kier molecular flexibility index (Phi) is 5.43. The summed E-state index contributed by atoms with van der Waals surface area (Å²) in [7, 11) is 0. The maximum absolute atomic E-state index is 3.57. The summed E-state index contributed by atoms with van der Waals surface area (Å²) in [6.07, 6.45) is 4.07. The fourth-order valence-electron chi connectivity index (χ4n) is 2.70. The van der Waals surface area contributed by atoms with Gasteiger partial charge >= 0.3 is 0 Å². The summed E-state index contributed by atoms with van der Waals surface area (Å²) in [5, 5.41) is 3.57. The molecular weight excluding hydrogens is 252 g/mol. The van der Waals surface area contributed by atoms with Crippen LogP contribution in [0.5, 0.6) is 0 Å². The van der Waals surface area contributed by atoms with Gasteiger partial charge in [-0.05, 0) is 50.4 Å². The topological polar surface area (TPSA) is 15.3 Å². The van der Waals surface area contributed by atoms with Crippen LogP contribution < -0.4 is 5.32 Å². The number of hydrogen-bond acceptors (Lipinski definition) is 3. The molecule has 2 rings (SSSR count). The number of rotatable bonds is 6. The third-order valence-electron chi connectivity index (χ3n) is 4.62. The van der Waals surface area contributed by atoms with Crippen molar-refractivity contribution in [1.82, 2.24) is 10.2 Å². The smallest absolute Gasteiger partial charge is 0.0300 e. The van der Waals surface area contributed by atoms with E-state index >= 15 is 0 Å². The summed E-state index contributed by atoms with van der Waals surface area (Å²) in [5.74, 6) is 0. The summed E-state index contributed by atoms with van der Waals surface area (Å²) in [4.78, 5) is 5.48. The fraction of sp³-hybridized carbons (Fsp3) is 0.750. The van der Waals surface area contributed by atoms with E-state index in [0.717, 1.165) is 13.1 Å². The molecule has 0 spiro atoms. The van der Waals surface area contributed by atoms with E-state index in [4.69, 9.17) is 0 Å². The molecule has 0 radical (unpaired) electrons. The molecule has 0 bridgehead atoms. The maximum atomic E-state index is 3.57. The lowest BCUT2D eigenvalue weighted by Crippen LogP contribution is -2.41. The van der Waals surface area contributed by atoms with Gasteiger partial charge < -0.3 is 10.2 Å². The molecule has 1 N–H and O–H groups in total. The molecule has 0 unspecified atom stereocenters. The van der Waals surface area contributed by atoms with Crippen LogP contribution in [0.15, 0.2) is 12.1 Å². The van der Waals surface area contributed by atoms with Gasteiger partial charge in [-0.2, -0.15) is 0 Å². The van der Waals surface area contributed by atoms with Crippen molar-refractivity contribution in [3.8, 4) is 0 Å². The van der Waals surface area contributed by atoms with Crippen LogP contribution in [0.2, 0.25) is 0 Å². The SMILES string of the molecule is CCC1(C)CCN(CCNCc2ccc(C)s2)CC1. The largest absolute Gasteiger partial charge is 0.311 e. The molecule has 2 heterocycles. The molecule has 0 aliphatic carbocycles. The quantitative estimate of drug-likeness (QED) is 0.800. The lowest BCUT2D eigenvalue weighted by molar-refractivity contribution is 0.115. The minimum Gasteiger partial charge on any atom is -0.311 e. The van der Waals surface area contributed by atoms with Gasteiger partial charge in [-0.25, -0.2) is 0 Å². The first-order valence-corrected chi connectivity index (χ1v) is 8.41. The highest BCUT2D eigenvalue weighted by molar-refractivity contribution is 7.11. The predicted octanol–water partition coefficient (Wildman–Crippen LogP) is 3.66. The zero-order valence-corrected chi connectivity index (χ0v) is 13.5. The number of nitrogens with one attached hydrogen (secondary N) is 1. The van der Waals surface area contributed by atoms with E-state index < -0.39 is 0 Å². The second-order valence-electron chi connectivity index (χ2n) is 6.19. The Bertz CT molecular complexity index is 378. The van der Waals surface area contributed by atoms with Crippen LogP contribution in [0.4, 0.5) is 0 Å². The Morgan fingerprint density at radius 1 is 1.32 bits per heavy atom. The predicted molar refractivity (Wildman–Crippen MR) is 84.8 cm³/mol. The van der Waals surface area contributed by atoms with Gasteiger partial charge in [0.2, 0.25) is 0 Å². The molecule has 0 aromatic carbocycles. The Morgan fingerprint density at radius 2 is 2.05 bits per heavy atom. The number of piperidine rings is 1. The summed E-state index contributed by atoms with van der Waals surface area (Å²) in [6.45, 7) is 12.9. The summed E-state index contributed by atoms with van der Waals surface area (Å²) in [6, 6.07) is 4.44. The van der Waals surface area contributed by atoms with Crippen molar-refractivity contribution < 1.29 is 0 Å². The highest BCUT2D eigenvalue weighted by Gasteiger charge is 2.27. The van der Waals surface area contributed by atoms with Gasteiger partial charge in [0.25, 0.3) is 0 Å². The molecule has 1 fully saturated rings. The van der Waals surface area contributed by atoms with Crippen molar-refractivity contribution in [2.75, 3.05) is 26.2 Å². The minimum atomic E-state index is 0.610. The Balaban J connectivity index is 1.59. The lowest BCUT2D eigenvalue weighted by atomic mass is 9.78. The number of thiophene rings is 1. The normalized spacial score (nSPS) is 19.7. The first-order chi connectivity index (χ1) is 9.11. The molecule has 2 nitrogen and oxygen atoms in total. The zero-order valence-electron chi connectivity index (χ0n) is 12.7. The van der Waals surface area contributed by atoms with E-state index in [2.05, 4.69) is 43.1 Å². The molecule has 0 saturated carbocycles. The first kappa shape index (κ1) is 15.0. The van der Waals surface area contributed by atoms with Gasteiger partial charge in [0.15, 0.2) is 0 Å². The Hall–Kier alpha value is -0.380. The molecule has 0 atom stereocenters. The van der Waals surface area contributed by atoms with Crippen LogP contribution in [-0.2, 0) is 6.54 Å². The van der Waals surface area contributed by atoms with Crippen molar-refractivity contribution >= 4 is 11.3 Å². The number of likely N-dealkylation sites (tertiary alicyclic amines) is 1. The van der Waals surface area contributed by atoms with Crippen LogP contribution in [0.1, 0.15) is 42.9 Å². The monoisotopic (exact) mass is 280 g/mol. The Morgan fingerprint density at radius 3 is 2.63 bits per heavy atom. The second kappa shape index (κ2) is 6.87. The third kappa shape index (κ3) is 4.59. The van der Waals surface area contributed by atoms with Crippen LogP contribution in [0.3, 0.4) is 0 Å². The van der Waals surface area contributed by atoms with Gasteiger partial charge in [-0.3, -0.25) is 0 Å². The van der Waals surface area contributed by atoms with Crippen molar-refractivity contribution in [2.45, 2.75) is 46.6 Å². The van der Waals surface area contributed by atoms with Gasteiger partial charge in [0.05, 0.1) is 0 Å². The highest BCUT2D eigenvalue weighted by atomic mass is 32.1. The lowest BCUT2D eigenvalue weighted by Gasteiger charge is -2.38. The molecule has 1 aliphatic rings. The van der Waals surface area contributed by atoms with Gasteiger partial charge in [-0.1, -0.05) is 20.3 Å². The first-order valence-electron chi connectivity index (χ1n) is 7.60. The van der Waals surface area contributed by atoms with Crippen molar-refractivity contribution in [3.63, 3.8) is 0 Å². The van der Waals surface area contributed by atoms with Crippen LogP contribution in [0, 0.1) is 12.3 Å². The summed E-state index contributed by atoms with van der Waals surface area (Å²) in [5.41, 5.74) is 0.610. The van der Waals surface area contributed by atoms with E-state index in [-0.39, 0.29) is 0 Å². The average Bonchev–Trinajstić information content (AvgIpc) is 2.83. The highest BCUT2D eigenvalue weighted by Crippen LogP contribution is 2.33. The average molecular weight is 280 g/mol. The van der Waals surface area contributed by atoms with Crippen LogP contribution in [-0.4, -0.2) is 31.1 Å². The molecule has 1 aromatic heterocycles. The van der Waals surface area contributed by atoms with E-state index in [1.807, 2.05) is 11.3 Å². The summed E-state index contributed by atoms with van der Waals surface area (Å²) < 4.78 is 0. The van der Waals surface area contributed by atoms with Gasteiger partial charge in [0.1, 0.15) is 0 Å². The molecule has 108 valence electrons. The fourth-order valence-corrected chi connectivity index (χ4v) is 3.56. The van der Waals surface area contributed by atoms with E-state index in [1.54, 1.807) is 0 Å². The zero-order chi connectivity index (χ0) is 13.7. The van der Waals surface area contributed by atoms with Crippen molar-refractivity contribution in [1.29, 1.82) is 0 Å². The molecule has 3 heteroatoms. The Labute approximate surface area is 122 Å². The van der Waals surface area contributed by atoms with Gasteiger partial charge in [0, 0.05) is 29.4 Å². The van der Waals surface area contributed by atoms with E-state index in [9.17, 15) is 0 Å². The summed E-state index contributed by atoms with van der Waals surface area (Å²) >= 11 is 1.90. The van der Waals surface area contributed by atoms with Crippen molar-refractivity contribution in [3.05, 3.63) is 21.9 Å². The minimum absolute atomic E-state index is 0.610. The van der Waals surface area contributed by atoms with E-state index in [1.165, 1.54) is 48.7 Å². The molecule has 1 saturated heterocycles. The number of nitrogens with zero attached hydrogens (tertiary/aromatic N) is 1. The van der Waals surface area contributed by atoms with Gasteiger partial charge in [-0.15, -0.1) is 11.3 Å². The number of hydrogen-bond donors (Lipinski definition) is 1. The molecule has 19 heavy (non-hydrogen) atoms. The number of aryl methyl sites for hydroxylation is 1. The second-order valence-corrected chi connectivity index (χ2v) is 7.57. The molecule has 0 amide bonds. The van der Waals surface area contributed by atoms with Crippen LogP contribution >= 0.6 is 11.3 Å². The molecule has 1 aromatic rings. The third-order valence-corrected chi connectivity index (χ3v) is 5.62. The standard InChI is InChI=1S/C16H28N2S/c1-4-16(3)7-10-18(11-8-16)12-9-17-13-15-6-5-14(2)19-15/h5-6,17H,4,7-13H2,1-3H3. The van der Waals surface area contributed by atoms with Crippen molar-refractivity contribution in [2.24, 2.45) is 5.41 Å². The molecular formula is C16H28N2S. The maximum Gasteiger partial charge on any atom is 0.0300 e.